The highest BCUT2D eigenvalue weighted by atomic mass is 35.5. The first-order chi connectivity index (χ1) is 13.0. The van der Waals surface area contributed by atoms with Crippen LogP contribution in [0.25, 0.3) is 11.3 Å². The van der Waals surface area contributed by atoms with E-state index in [4.69, 9.17) is 31.2 Å². The minimum absolute atomic E-state index is 0.105. The molecule has 3 aromatic rings. The number of halogens is 1. The Morgan fingerprint density at radius 2 is 1.78 bits per heavy atom. The van der Waals surface area contributed by atoms with Crippen LogP contribution in [0.4, 0.5) is 0 Å². The van der Waals surface area contributed by atoms with Crippen molar-refractivity contribution in [3.63, 3.8) is 0 Å². The van der Waals surface area contributed by atoms with Gasteiger partial charge in [0.2, 0.25) is 5.89 Å². The maximum Gasteiger partial charge on any atom is 0.338 e. The first-order valence-electron chi connectivity index (χ1n) is 7.90. The van der Waals surface area contributed by atoms with Gasteiger partial charge in [0.15, 0.2) is 19.0 Å². The monoisotopic (exact) mass is 386 g/mol. The molecule has 0 radical (unpaired) electrons. The van der Waals surface area contributed by atoms with Crippen LogP contribution in [0.2, 0.25) is 5.02 Å². The predicted molar refractivity (Wildman–Crippen MR) is 97.2 cm³/mol. The topological polar surface area (TPSA) is 105 Å². The summed E-state index contributed by atoms with van der Waals surface area (Å²) in [7, 11) is 0. The minimum Gasteiger partial charge on any atom is -0.484 e. The molecular weight excluding hydrogens is 372 g/mol. The molecular formula is C19H15ClN2O5. The van der Waals surface area contributed by atoms with Crippen LogP contribution in [0.5, 0.6) is 5.75 Å². The summed E-state index contributed by atoms with van der Waals surface area (Å²) in [5.74, 6) is 0.124. The Hall–Kier alpha value is -3.32. The van der Waals surface area contributed by atoms with Crippen molar-refractivity contribution in [3.05, 3.63) is 71.2 Å². The zero-order valence-corrected chi connectivity index (χ0v) is 14.8. The Kier molecular flexibility index (Phi) is 5.73. The lowest BCUT2D eigenvalue weighted by Crippen LogP contribution is -2.20. The fraction of sp³-hybridized carbons (Fsp3) is 0.105. The quantitative estimate of drug-likeness (QED) is 0.625. The van der Waals surface area contributed by atoms with Gasteiger partial charge in [-0.25, -0.2) is 9.78 Å². The average molecular weight is 387 g/mol. The second-order valence-electron chi connectivity index (χ2n) is 5.48. The van der Waals surface area contributed by atoms with Crippen molar-refractivity contribution in [1.82, 2.24) is 4.98 Å². The third-order valence-corrected chi connectivity index (χ3v) is 3.73. The SMILES string of the molecule is NC(=O)COc1ccc(C(=O)OCc2ncc(-c3ccc(Cl)cc3)o2)cc1. The average Bonchev–Trinajstić information content (AvgIpc) is 3.14. The highest BCUT2D eigenvalue weighted by Crippen LogP contribution is 2.22. The predicted octanol–water partition coefficient (Wildman–Crippen LogP) is 3.22. The Labute approximate surface area is 159 Å². The Morgan fingerprint density at radius 3 is 2.44 bits per heavy atom. The van der Waals surface area contributed by atoms with E-state index in [0.29, 0.717) is 22.1 Å². The molecule has 0 aliphatic carbocycles. The number of nitrogens with zero attached hydrogens (tertiary/aromatic N) is 1. The van der Waals surface area contributed by atoms with E-state index < -0.39 is 11.9 Å². The summed E-state index contributed by atoms with van der Waals surface area (Å²) in [5, 5.41) is 0.624. The van der Waals surface area contributed by atoms with Crippen molar-refractivity contribution < 1.29 is 23.5 Å². The summed E-state index contributed by atoms with van der Waals surface area (Å²) in [5.41, 5.74) is 6.14. The van der Waals surface area contributed by atoms with Gasteiger partial charge in [-0.1, -0.05) is 11.6 Å². The van der Waals surface area contributed by atoms with Gasteiger partial charge in [0.1, 0.15) is 5.75 Å². The number of rotatable bonds is 7. The van der Waals surface area contributed by atoms with Gasteiger partial charge in [-0.05, 0) is 48.5 Å². The van der Waals surface area contributed by atoms with E-state index in [-0.39, 0.29) is 19.1 Å². The molecule has 0 unspecified atom stereocenters. The van der Waals surface area contributed by atoms with Crippen molar-refractivity contribution in [2.45, 2.75) is 6.61 Å². The van der Waals surface area contributed by atoms with Gasteiger partial charge in [0.05, 0.1) is 11.8 Å². The number of hydrogen-bond donors (Lipinski definition) is 1. The number of aromatic nitrogens is 1. The van der Waals surface area contributed by atoms with E-state index in [1.165, 1.54) is 12.1 Å². The highest BCUT2D eigenvalue weighted by molar-refractivity contribution is 6.30. The van der Waals surface area contributed by atoms with Crippen molar-refractivity contribution in [3.8, 4) is 17.1 Å². The van der Waals surface area contributed by atoms with E-state index in [1.54, 1.807) is 42.6 Å². The molecule has 1 amide bonds. The largest absolute Gasteiger partial charge is 0.484 e. The van der Waals surface area contributed by atoms with Crippen LogP contribution >= 0.6 is 11.6 Å². The van der Waals surface area contributed by atoms with E-state index in [1.807, 2.05) is 0 Å². The highest BCUT2D eigenvalue weighted by Gasteiger charge is 2.11. The first kappa shape index (κ1) is 18.5. The number of primary amides is 1. The number of carbonyl (C=O) groups excluding carboxylic acids is 2. The van der Waals surface area contributed by atoms with Crippen LogP contribution in [0.3, 0.4) is 0 Å². The number of amides is 1. The molecule has 0 spiro atoms. The zero-order valence-electron chi connectivity index (χ0n) is 14.1. The standard InChI is InChI=1S/C19H15ClN2O5/c20-14-5-1-12(2-6-14)16-9-22-18(27-16)11-26-19(24)13-3-7-15(8-4-13)25-10-17(21)23/h1-9H,10-11H2,(H2,21,23). The van der Waals surface area contributed by atoms with Gasteiger partial charge in [-0.3, -0.25) is 4.79 Å². The van der Waals surface area contributed by atoms with E-state index in [9.17, 15) is 9.59 Å². The molecule has 7 nitrogen and oxygen atoms in total. The number of nitrogens with two attached hydrogens (primary N) is 1. The normalized spacial score (nSPS) is 10.4. The molecule has 0 aliphatic rings. The van der Waals surface area contributed by atoms with Gasteiger partial charge in [0, 0.05) is 10.6 Å². The molecule has 0 aliphatic heterocycles. The zero-order chi connectivity index (χ0) is 19.2. The van der Waals surface area contributed by atoms with Crippen molar-refractivity contribution >= 4 is 23.5 Å². The van der Waals surface area contributed by atoms with Crippen LogP contribution in [0.1, 0.15) is 16.2 Å². The Morgan fingerprint density at radius 1 is 1.07 bits per heavy atom. The lowest BCUT2D eigenvalue weighted by atomic mass is 10.2. The number of benzene rings is 2. The number of hydrogen-bond acceptors (Lipinski definition) is 6. The molecule has 0 bridgehead atoms. The van der Waals surface area contributed by atoms with Crippen LogP contribution in [0, 0.1) is 0 Å². The summed E-state index contributed by atoms with van der Waals surface area (Å²) in [4.78, 5) is 26.9. The molecule has 3 rings (SSSR count). The summed E-state index contributed by atoms with van der Waals surface area (Å²) in [6.45, 7) is -0.337. The van der Waals surface area contributed by atoms with Gasteiger partial charge < -0.3 is 19.6 Å². The van der Waals surface area contributed by atoms with Crippen LogP contribution in [-0.4, -0.2) is 23.5 Å². The lowest BCUT2D eigenvalue weighted by molar-refractivity contribution is -0.119. The van der Waals surface area contributed by atoms with Gasteiger partial charge in [0.25, 0.3) is 5.91 Å². The first-order valence-corrected chi connectivity index (χ1v) is 8.28. The maximum absolute atomic E-state index is 12.1. The molecule has 1 heterocycles. The Balaban J connectivity index is 1.56. The van der Waals surface area contributed by atoms with Gasteiger partial charge in [-0.2, -0.15) is 0 Å². The smallest absolute Gasteiger partial charge is 0.338 e. The maximum atomic E-state index is 12.1. The molecule has 2 N–H and O–H groups in total. The number of carbonyl (C=O) groups is 2. The van der Waals surface area contributed by atoms with Gasteiger partial charge >= 0.3 is 5.97 Å². The molecule has 0 saturated heterocycles. The molecule has 8 heteroatoms. The number of oxazole rings is 1. The second kappa shape index (κ2) is 8.37. The molecule has 0 fully saturated rings. The summed E-state index contributed by atoms with van der Waals surface area (Å²) in [6.07, 6.45) is 1.55. The third kappa shape index (κ3) is 5.08. The Bertz CT molecular complexity index is 935. The second-order valence-corrected chi connectivity index (χ2v) is 5.92. The lowest BCUT2D eigenvalue weighted by Gasteiger charge is -2.05. The van der Waals surface area contributed by atoms with Crippen molar-refractivity contribution in [2.75, 3.05) is 6.61 Å². The van der Waals surface area contributed by atoms with Crippen molar-refractivity contribution in [2.24, 2.45) is 5.73 Å². The molecule has 0 atom stereocenters. The van der Waals surface area contributed by atoms with Crippen molar-refractivity contribution in [1.29, 1.82) is 0 Å². The summed E-state index contributed by atoms with van der Waals surface area (Å²) in [6, 6.07) is 13.2. The van der Waals surface area contributed by atoms with E-state index in [0.717, 1.165) is 5.56 Å². The molecule has 138 valence electrons. The fourth-order valence-corrected chi connectivity index (χ4v) is 2.30. The fourth-order valence-electron chi connectivity index (χ4n) is 2.18. The third-order valence-electron chi connectivity index (χ3n) is 3.48. The summed E-state index contributed by atoms with van der Waals surface area (Å²) >= 11 is 5.86. The van der Waals surface area contributed by atoms with Crippen LogP contribution in [0.15, 0.2) is 59.1 Å². The minimum atomic E-state index is -0.581. The number of esters is 1. The van der Waals surface area contributed by atoms with Crippen LogP contribution < -0.4 is 10.5 Å². The molecule has 1 aromatic heterocycles. The van der Waals surface area contributed by atoms with E-state index in [2.05, 4.69) is 4.98 Å². The van der Waals surface area contributed by atoms with Gasteiger partial charge in [-0.15, -0.1) is 0 Å². The number of ether oxygens (including phenoxy) is 2. The molecule has 27 heavy (non-hydrogen) atoms. The molecule has 0 saturated carbocycles. The van der Waals surface area contributed by atoms with Crippen LogP contribution in [-0.2, 0) is 16.1 Å². The van der Waals surface area contributed by atoms with E-state index >= 15 is 0 Å². The molecule has 2 aromatic carbocycles. The summed E-state index contributed by atoms with van der Waals surface area (Å²) < 4.78 is 15.9.